The highest BCUT2D eigenvalue weighted by Gasteiger charge is 2.41. The maximum Gasteiger partial charge on any atom is 0.307 e. The molecule has 19 heavy (non-hydrogen) atoms. The molecule has 2 unspecified atom stereocenters. The Morgan fingerprint density at radius 2 is 2.11 bits per heavy atom. The first-order valence-electron chi connectivity index (χ1n) is 6.25. The van der Waals surface area contributed by atoms with E-state index in [4.69, 9.17) is 5.11 Å². The van der Waals surface area contributed by atoms with Crippen LogP contribution in [0.4, 0.5) is 0 Å². The van der Waals surface area contributed by atoms with Crippen molar-refractivity contribution >= 4 is 11.9 Å². The zero-order chi connectivity index (χ0) is 14.0. The number of aromatic nitrogens is 4. The Hall–Kier alpha value is -1.99. The molecule has 4 atom stereocenters. The van der Waals surface area contributed by atoms with Crippen molar-refractivity contribution in [3.63, 3.8) is 0 Å². The lowest BCUT2D eigenvalue weighted by Crippen LogP contribution is -2.37. The molecule has 0 saturated heterocycles. The number of aliphatic carboxylic acids is 1. The maximum atomic E-state index is 12.2. The van der Waals surface area contributed by atoms with Crippen LogP contribution in [0.3, 0.4) is 0 Å². The number of carbonyl (C=O) groups is 2. The van der Waals surface area contributed by atoms with Crippen LogP contribution in [0.15, 0.2) is 0 Å². The van der Waals surface area contributed by atoms with Crippen molar-refractivity contribution in [1.82, 2.24) is 25.9 Å². The first-order valence-corrected chi connectivity index (χ1v) is 6.25. The van der Waals surface area contributed by atoms with E-state index in [9.17, 15) is 9.59 Å². The molecule has 2 rings (SSSR count). The van der Waals surface area contributed by atoms with E-state index in [1.807, 2.05) is 6.92 Å². The predicted molar refractivity (Wildman–Crippen MR) is 63.7 cm³/mol. The van der Waals surface area contributed by atoms with Crippen LogP contribution in [0.25, 0.3) is 0 Å². The molecule has 1 heterocycles. The maximum absolute atomic E-state index is 12.2. The van der Waals surface area contributed by atoms with Gasteiger partial charge in [-0.1, -0.05) is 12.1 Å². The number of tetrazole rings is 1. The van der Waals surface area contributed by atoms with Gasteiger partial charge in [0.25, 0.3) is 0 Å². The summed E-state index contributed by atoms with van der Waals surface area (Å²) in [5.74, 6) is -1.62. The third kappa shape index (κ3) is 2.88. The molecule has 3 N–H and O–H groups in total. The normalized spacial score (nSPS) is 28.0. The largest absolute Gasteiger partial charge is 0.481 e. The van der Waals surface area contributed by atoms with E-state index in [2.05, 4.69) is 25.9 Å². The lowest BCUT2D eigenvalue weighted by Gasteiger charge is -2.17. The second-order valence-electron chi connectivity index (χ2n) is 5.13. The molecule has 8 heteroatoms. The number of nitrogens with zero attached hydrogens (tertiary/aromatic N) is 3. The number of carbonyl (C=O) groups excluding carboxylic acids is 1. The van der Waals surface area contributed by atoms with Gasteiger partial charge in [-0.25, -0.2) is 0 Å². The summed E-state index contributed by atoms with van der Waals surface area (Å²) in [4.78, 5) is 23.3. The summed E-state index contributed by atoms with van der Waals surface area (Å²) < 4.78 is 0. The van der Waals surface area contributed by atoms with Crippen molar-refractivity contribution in [3.8, 4) is 0 Å². The molecule has 1 aromatic rings. The van der Waals surface area contributed by atoms with E-state index in [-0.39, 0.29) is 11.8 Å². The highest BCUT2D eigenvalue weighted by atomic mass is 16.4. The van der Waals surface area contributed by atoms with E-state index in [0.29, 0.717) is 18.7 Å². The summed E-state index contributed by atoms with van der Waals surface area (Å²) in [6.07, 6.45) is 1.14. The fourth-order valence-electron chi connectivity index (χ4n) is 2.59. The van der Waals surface area contributed by atoms with E-state index in [0.717, 1.165) is 0 Å². The topological polar surface area (TPSA) is 121 Å². The third-order valence-electron chi connectivity index (χ3n) is 3.56. The predicted octanol–water partition coefficient (Wildman–Crippen LogP) is 0.124. The fourth-order valence-corrected chi connectivity index (χ4v) is 2.59. The molecule has 1 amide bonds. The molecule has 0 bridgehead atoms. The van der Waals surface area contributed by atoms with E-state index in [1.54, 1.807) is 6.92 Å². The summed E-state index contributed by atoms with van der Waals surface area (Å²) in [6.45, 7) is 3.70. The zero-order valence-electron chi connectivity index (χ0n) is 10.8. The molecule has 1 saturated carbocycles. The van der Waals surface area contributed by atoms with Crippen molar-refractivity contribution < 1.29 is 14.7 Å². The van der Waals surface area contributed by atoms with Crippen LogP contribution in [0.5, 0.6) is 0 Å². The van der Waals surface area contributed by atoms with Crippen molar-refractivity contribution in [2.24, 2.45) is 17.8 Å². The second-order valence-corrected chi connectivity index (χ2v) is 5.13. The number of aromatic amines is 1. The monoisotopic (exact) mass is 267 g/mol. The molecular weight excluding hydrogens is 250 g/mol. The van der Waals surface area contributed by atoms with Crippen molar-refractivity contribution in [2.45, 2.75) is 32.7 Å². The lowest BCUT2D eigenvalue weighted by molar-refractivity contribution is -0.146. The average molecular weight is 267 g/mol. The summed E-state index contributed by atoms with van der Waals surface area (Å²) in [5.41, 5.74) is 0. The second kappa shape index (κ2) is 5.33. The molecule has 0 radical (unpaired) electrons. The number of nitrogens with one attached hydrogen (secondary N) is 2. The number of carboxylic acids is 1. The van der Waals surface area contributed by atoms with Gasteiger partial charge in [0.15, 0.2) is 5.82 Å². The molecule has 1 aliphatic rings. The standard InChI is InChI=1S/C11H17N5O3/c1-5-3-7(8(4-5)11(18)19)10(17)12-6(2)9-13-15-16-14-9/h5-8H,3-4H2,1-2H3,(H,12,17)(H,18,19)(H,13,14,15,16)/t5?,6?,7-,8+/m0/s1. The minimum Gasteiger partial charge on any atom is -0.481 e. The smallest absolute Gasteiger partial charge is 0.307 e. The number of amides is 1. The van der Waals surface area contributed by atoms with Gasteiger partial charge in [-0.3, -0.25) is 9.59 Å². The summed E-state index contributed by atoms with van der Waals surface area (Å²) in [6, 6.07) is -0.392. The van der Waals surface area contributed by atoms with Crippen LogP contribution in [-0.4, -0.2) is 37.6 Å². The molecule has 0 aliphatic heterocycles. The van der Waals surface area contributed by atoms with Crippen LogP contribution in [0, 0.1) is 17.8 Å². The Morgan fingerprint density at radius 3 is 2.68 bits per heavy atom. The van der Waals surface area contributed by atoms with E-state index in [1.165, 1.54) is 0 Å². The lowest BCUT2D eigenvalue weighted by atomic mass is 9.95. The van der Waals surface area contributed by atoms with E-state index < -0.39 is 23.8 Å². The van der Waals surface area contributed by atoms with Crippen molar-refractivity contribution in [1.29, 1.82) is 0 Å². The molecular formula is C11H17N5O3. The van der Waals surface area contributed by atoms with E-state index >= 15 is 0 Å². The minimum atomic E-state index is -0.906. The van der Waals surface area contributed by atoms with Gasteiger partial charge >= 0.3 is 5.97 Å². The Labute approximate surface area is 110 Å². The van der Waals surface area contributed by atoms with Crippen molar-refractivity contribution in [3.05, 3.63) is 5.82 Å². The number of carboxylic acid groups (broad SMARTS) is 1. The van der Waals surface area contributed by atoms with Gasteiger partial charge in [0.2, 0.25) is 5.91 Å². The summed E-state index contributed by atoms with van der Waals surface area (Å²) in [7, 11) is 0. The molecule has 0 aromatic carbocycles. The van der Waals surface area contributed by atoms with Gasteiger partial charge in [-0.2, -0.15) is 5.21 Å². The first kappa shape index (κ1) is 13.4. The highest BCUT2D eigenvalue weighted by molar-refractivity contribution is 5.85. The van der Waals surface area contributed by atoms with Crippen LogP contribution in [0.2, 0.25) is 0 Å². The molecule has 104 valence electrons. The van der Waals surface area contributed by atoms with Crippen LogP contribution < -0.4 is 5.32 Å². The molecule has 1 aromatic heterocycles. The number of hydrogen-bond donors (Lipinski definition) is 3. The van der Waals surface area contributed by atoms with Crippen LogP contribution in [-0.2, 0) is 9.59 Å². The van der Waals surface area contributed by atoms with Crippen molar-refractivity contribution in [2.75, 3.05) is 0 Å². The third-order valence-corrected chi connectivity index (χ3v) is 3.56. The van der Waals surface area contributed by atoms with Gasteiger partial charge < -0.3 is 10.4 Å². The number of hydrogen-bond acceptors (Lipinski definition) is 5. The molecule has 1 fully saturated rings. The Morgan fingerprint density at radius 1 is 1.42 bits per heavy atom. The number of rotatable bonds is 4. The van der Waals surface area contributed by atoms with Crippen LogP contribution >= 0.6 is 0 Å². The Bertz CT molecular complexity index is 461. The van der Waals surface area contributed by atoms with Gasteiger partial charge in [-0.15, -0.1) is 10.2 Å². The zero-order valence-corrected chi connectivity index (χ0v) is 10.8. The Balaban J connectivity index is 2.01. The fraction of sp³-hybridized carbons (Fsp3) is 0.727. The summed E-state index contributed by atoms with van der Waals surface area (Å²) >= 11 is 0. The molecule has 1 aliphatic carbocycles. The summed E-state index contributed by atoms with van der Waals surface area (Å²) in [5, 5.41) is 25.2. The minimum absolute atomic E-state index is 0.248. The average Bonchev–Trinajstić information content (AvgIpc) is 2.96. The SMILES string of the molecule is CC1C[C@H](C(=O)NC(C)c2nn[nH]n2)[C@H](C(=O)O)C1. The molecule has 8 nitrogen and oxygen atoms in total. The number of H-pyrrole nitrogens is 1. The Kier molecular flexibility index (Phi) is 3.77. The highest BCUT2D eigenvalue weighted by Crippen LogP contribution is 2.36. The quantitative estimate of drug-likeness (QED) is 0.712. The van der Waals surface area contributed by atoms with Gasteiger partial charge in [0.05, 0.1) is 17.9 Å². The van der Waals surface area contributed by atoms with Crippen LogP contribution in [0.1, 0.15) is 38.6 Å². The van der Waals surface area contributed by atoms with Gasteiger partial charge in [-0.05, 0) is 25.7 Å². The van der Waals surface area contributed by atoms with Gasteiger partial charge in [0.1, 0.15) is 0 Å². The molecule has 0 spiro atoms. The van der Waals surface area contributed by atoms with Gasteiger partial charge in [0, 0.05) is 0 Å². The first-order chi connectivity index (χ1) is 8.99.